The lowest BCUT2D eigenvalue weighted by atomic mass is 9.97. The summed E-state index contributed by atoms with van der Waals surface area (Å²) in [6, 6.07) is 4.45. The molecule has 37 heavy (non-hydrogen) atoms. The van der Waals surface area contributed by atoms with Gasteiger partial charge in [-0.25, -0.2) is 15.0 Å². The van der Waals surface area contributed by atoms with Crippen LogP contribution < -0.4 is 15.1 Å². The number of nitrogens with one attached hydrogen (secondary N) is 1. The number of methoxy groups -OCH3 is 1. The molecule has 10 heteroatoms. The molecule has 5 heterocycles. The number of aromatic nitrogens is 4. The maximum absolute atomic E-state index is 9.17. The van der Waals surface area contributed by atoms with Crippen LogP contribution in [0.25, 0.3) is 10.8 Å². The summed E-state index contributed by atoms with van der Waals surface area (Å²) in [7, 11) is 1.70. The molecule has 3 aromatic heterocycles. The topological polar surface area (TPSA) is 109 Å². The van der Waals surface area contributed by atoms with Crippen molar-refractivity contribution in [1.29, 1.82) is 0 Å². The van der Waals surface area contributed by atoms with Crippen LogP contribution in [0, 0.1) is 0 Å². The highest BCUT2D eigenvalue weighted by atomic mass is 16.5. The van der Waals surface area contributed by atoms with Gasteiger partial charge in [0.25, 0.3) is 0 Å². The average Bonchev–Trinajstić information content (AvgIpc) is 2.90. The number of pyridine rings is 2. The summed E-state index contributed by atoms with van der Waals surface area (Å²) in [4.78, 5) is 23.3. The Balaban J connectivity index is 1.38. The summed E-state index contributed by atoms with van der Waals surface area (Å²) in [5, 5.41) is 14.8. The van der Waals surface area contributed by atoms with E-state index in [-0.39, 0.29) is 25.4 Å². The van der Waals surface area contributed by atoms with Crippen LogP contribution in [0.2, 0.25) is 0 Å². The van der Waals surface area contributed by atoms with Crippen molar-refractivity contribution in [1.82, 2.24) is 19.9 Å². The van der Waals surface area contributed by atoms with Gasteiger partial charge in [-0.15, -0.1) is 0 Å². The van der Waals surface area contributed by atoms with E-state index in [2.05, 4.69) is 46.9 Å². The van der Waals surface area contributed by atoms with E-state index < -0.39 is 0 Å². The van der Waals surface area contributed by atoms with Crippen LogP contribution in [0.5, 0.6) is 0 Å². The first-order valence-corrected chi connectivity index (χ1v) is 13.1. The zero-order valence-corrected chi connectivity index (χ0v) is 22.1. The van der Waals surface area contributed by atoms with Crippen LogP contribution in [0.4, 0.5) is 23.4 Å². The number of hydrogen-bond acceptors (Lipinski definition) is 10. The van der Waals surface area contributed by atoms with E-state index in [4.69, 9.17) is 24.4 Å². The van der Waals surface area contributed by atoms with Gasteiger partial charge in [0.05, 0.1) is 19.3 Å². The standard InChI is InChI=1S/C27H37N7O3/c1-17(2)20-14-30-26(34-10-6-18(34)3)21-15-29-25(13-19(20)21)31-24-5-8-28-27(32-24)33-9-7-22(36-4)23(16-33)37-12-11-35/h5,8,13-15,17-18,22-23,35H,6-7,9-12,16H2,1-4H3,(H,28,29,31,32)/t18-,22-,23+/m1/s1. The summed E-state index contributed by atoms with van der Waals surface area (Å²) < 4.78 is 11.4. The number of rotatable bonds is 9. The van der Waals surface area contributed by atoms with Gasteiger partial charge in [-0.1, -0.05) is 13.8 Å². The number of fused-ring (bicyclic) bond motifs is 1. The zero-order chi connectivity index (χ0) is 25.9. The SMILES string of the molecule is CO[C@@H]1CCN(c2nccc(Nc3cc4c(C(C)C)cnc(N5CC[C@H]5C)c4cn3)n2)C[C@@H]1OCCO. The van der Waals surface area contributed by atoms with Crippen molar-refractivity contribution in [2.24, 2.45) is 0 Å². The molecule has 0 saturated carbocycles. The van der Waals surface area contributed by atoms with Crippen molar-refractivity contribution in [3.63, 3.8) is 0 Å². The minimum Gasteiger partial charge on any atom is -0.394 e. The Morgan fingerprint density at radius 2 is 1.95 bits per heavy atom. The lowest BCUT2D eigenvalue weighted by Crippen LogP contribution is -2.49. The fraction of sp³-hybridized carbons (Fsp3) is 0.556. The first-order valence-electron chi connectivity index (χ1n) is 13.1. The summed E-state index contributed by atoms with van der Waals surface area (Å²) >= 11 is 0. The highest BCUT2D eigenvalue weighted by Crippen LogP contribution is 2.35. The number of ether oxygens (including phenoxy) is 2. The Hall–Kier alpha value is -3.08. The van der Waals surface area contributed by atoms with E-state index in [9.17, 15) is 5.11 Å². The third-order valence-electron chi connectivity index (χ3n) is 7.40. The summed E-state index contributed by atoms with van der Waals surface area (Å²) in [6.07, 6.45) is 7.51. The third-order valence-corrected chi connectivity index (χ3v) is 7.40. The molecule has 0 aliphatic carbocycles. The molecule has 2 aliphatic heterocycles. The van der Waals surface area contributed by atoms with Crippen LogP contribution in [0.3, 0.4) is 0 Å². The molecule has 0 bridgehead atoms. The summed E-state index contributed by atoms with van der Waals surface area (Å²) in [5.41, 5.74) is 1.20. The van der Waals surface area contributed by atoms with Crippen LogP contribution in [0.1, 0.15) is 45.1 Å². The van der Waals surface area contributed by atoms with Crippen molar-refractivity contribution in [2.75, 3.05) is 55.1 Å². The van der Waals surface area contributed by atoms with Crippen LogP contribution in [-0.2, 0) is 9.47 Å². The molecule has 10 nitrogen and oxygen atoms in total. The Morgan fingerprint density at radius 1 is 1.08 bits per heavy atom. The molecule has 2 saturated heterocycles. The van der Waals surface area contributed by atoms with Gasteiger partial charge >= 0.3 is 0 Å². The number of nitrogens with zero attached hydrogens (tertiary/aromatic N) is 6. The van der Waals surface area contributed by atoms with Crippen molar-refractivity contribution >= 4 is 34.2 Å². The summed E-state index contributed by atoms with van der Waals surface area (Å²) in [5.74, 6) is 3.39. The molecule has 2 aliphatic rings. The molecule has 2 N–H and O–H groups in total. The fourth-order valence-electron chi connectivity index (χ4n) is 5.14. The fourth-order valence-corrected chi connectivity index (χ4v) is 5.14. The highest BCUT2D eigenvalue weighted by molar-refractivity contribution is 5.96. The Morgan fingerprint density at radius 3 is 2.65 bits per heavy atom. The predicted molar refractivity (Wildman–Crippen MR) is 145 cm³/mol. The van der Waals surface area contributed by atoms with Gasteiger partial charge in [0.2, 0.25) is 5.95 Å². The largest absolute Gasteiger partial charge is 0.394 e. The van der Waals surface area contributed by atoms with Crippen LogP contribution >= 0.6 is 0 Å². The van der Waals surface area contributed by atoms with Gasteiger partial charge in [0.15, 0.2) is 0 Å². The monoisotopic (exact) mass is 507 g/mol. The minimum absolute atomic E-state index is 0.0142. The van der Waals surface area contributed by atoms with Gasteiger partial charge in [-0.3, -0.25) is 0 Å². The Bertz CT molecular complexity index is 1220. The van der Waals surface area contributed by atoms with E-state index in [1.54, 1.807) is 13.3 Å². The van der Waals surface area contributed by atoms with E-state index >= 15 is 0 Å². The number of aliphatic hydroxyl groups excluding tert-OH is 1. The Kier molecular flexibility index (Phi) is 7.68. The van der Waals surface area contributed by atoms with Gasteiger partial charge in [0, 0.05) is 56.8 Å². The van der Waals surface area contributed by atoms with Gasteiger partial charge in [-0.2, -0.15) is 4.98 Å². The molecule has 0 unspecified atom stereocenters. The number of piperidine rings is 1. The quantitative estimate of drug-likeness (QED) is 0.447. The van der Waals surface area contributed by atoms with Crippen molar-refractivity contribution in [3.05, 3.63) is 36.3 Å². The van der Waals surface area contributed by atoms with Crippen molar-refractivity contribution < 1.29 is 14.6 Å². The van der Waals surface area contributed by atoms with Crippen molar-refractivity contribution in [3.8, 4) is 0 Å². The number of hydrogen-bond donors (Lipinski definition) is 2. The first kappa shape index (κ1) is 25.6. The second-order valence-corrected chi connectivity index (χ2v) is 10.1. The number of aliphatic hydroxyl groups is 1. The molecule has 0 amide bonds. The smallest absolute Gasteiger partial charge is 0.227 e. The van der Waals surface area contributed by atoms with E-state index in [0.29, 0.717) is 30.3 Å². The molecule has 2 fully saturated rings. The summed E-state index contributed by atoms with van der Waals surface area (Å²) in [6.45, 7) is 9.27. The molecule has 5 rings (SSSR count). The minimum atomic E-state index is -0.153. The van der Waals surface area contributed by atoms with Crippen LogP contribution in [0.15, 0.2) is 30.7 Å². The van der Waals surface area contributed by atoms with Crippen LogP contribution in [-0.4, -0.2) is 83.3 Å². The molecule has 0 spiro atoms. The Labute approximate surface area is 218 Å². The lowest BCUT2D eigenvalue weighted by Gasteiger charge is -2.40. The second kappa shape index (κ2) is 11.1. The maximum Gasteiger partial charge on any atom is 0.227 e. The molecular weight excluding hydrogens is 470 g/mol. The first-order chi connectivity index (χ1) is 18.0. The highest BCUT2D eigenvalue weighted by Gasteiger charge is 2.31. The average molecular weight is 508 g/mol. The van der Waals surface area contributed by atoms with E-state index in [1.165, 1.54) is 12.0 Å². The maximum atomic E-state index is 9.17. The normalized spacial score (nSPS) is 21.9. The van der Waals surface area contributed by atoms with Gasteiger partial charge in [0.1, 0.15) is 23.6 Å². The molecular formula is C27H37N7O3. The molecule has 198 valence electrons. The third kappa shape index (κ3) is 5.32. The number of anilines is 4. The van der Waals surface area contributed by atoms with Gasteiger partial charge in [-0.05, 0) is 48.8 Å². The molecule has 0 radical (unpaired) electrons. The van der Waals surface area contributed by atoms with Crippen molar-refractivity contribution in [2.45, 2.75) is 57.8 Å². The molecule has 3 aromatic rings. The van der Waals surface area contributed by atoms with E-state index in [0.717, 1.165) is 41.9 Å². The van der Waals surface area contributed by atoms with E-state index in [1.807, 2.05) is 18.5 Å². The molecule has 3 atom stereocenters. The zero-order valence-electron chi connectivity index (χ0n) is 22.1. The second-order valence-electron chi connectivity index (χ2n) is 10.1. The predicted octanol–water partition coefficient (Wildman–Crippen LogP) is 3.49. The molecule has 0 aromatic carbocycles. The lowest BCUT2D eigenvalue weighted by molar-refractivity contribution is -0.0707. The van der Waals surface area contributed by atoms with Gasteiger partial charge < -0.3 is 29.7 Å².